The van der Waals surface area contributed by atoms with E-state index in [0.717, 1.165) is 25.4 Å². The second-order valence-electron chi connectivity index (χ2n) is 8.06. The molecule has 0 unspecified atom stereocenters. The summed E-state index contributed by atoms with van der Waals surface area (Å²) in [6.07, 6.45) is 3.89. The van der Waals surface area contributed by atoms with Crippen LogP contribution in [0.25, 0.3) is 0 Å². The Bertz CT molecular complexity index is 470. The quantitative estimate of drug-likeness (QED) is 0.831. The van der Waals surface area contributed by atoms with Crippen LogP contribution < -0.4 is 0 Å². The Morgan fingerprint density at radius 1 is 1.22 bits per heavy atom. The fourth-order valence-corrected chi connectivity index (χ4v) is 4.57. The summed E-state index contributed by atoms with van der Waals surface area (Å²) in [7, 11) is 0. The van der Waals surface area contributed by atoms with Gasteiger partial charge in [-0.3, -0.25) is 9.69 Å². The number of halogens is 1. The maximum atomic E-state index is 14.8. The number of aliphatic hydroxyl groups is 1. The van der Waals surface area contributed by atoms with E-state index in [1.54, 1.807) is 4.90 Å². The van der Waals surface area contributed by atoms with Crippen LogP contribution >= 0.6 is 0 Å². The smallest absolute Gasteiger partial charge is 0.260 e. The SMILES string of the molecule is O=C(N1CC2(C[C@H](CO)CN2CC2CC2)C1)C1(F)CCOCC1. The Balaban J connectivity index is 1.40. The van der Waals surface area contributed by atoms with Crippen LogP contribution in [0.4, 0.5) is 4.39 Å². The molecule has 3 saturated heterocycles. The fourth-order valence-electron chi connectivity index (χ4n) is 4.57. The number of nitrogens with zero attached hydrogens (tertiary/aromatic N) is 2. The third-order valence-corrected chi connectivity index (χ3v) is 6.18. The Kier molecular flexibility index (Phi) is 3.89. The van der Waals surface area contributed by atoms with Crippen LogP contribution in [0.5, 0.6) is 0 Å². The number of amides is 1. The van der Waals surface area contributed by atoms with E-state index in [2.05, 4.69) is 4.90 Å². The van der Waals surface area contributed by atoms with Gasteiger partial charge >= 0.3 is 0 Å². The highest BCUT2D eigenvalue weighted by Crippen LogP contribution is 2.44. The van der Waals surface area contributed by atoms with Crippen molar-refractivity contribution in [3.05, 3.63) is 0 Å². The van der Waals surface area contributed by atoms with Crippen LogP contribution in [0.1, 0.15) is 32.1 Å². The molecule has 4 fully saturated rings. The fraction of sp³-hybridized carbons (Fsp3) is 0.941. The number of aliphatic hydroxyl groups excluding tert-OH is 1. The number of alkyl halides is 1. The van der Waals surface area contributed by atoms with Crippen LogP contribution in [0.2, 0.25) is 0 Å². The van der Waals surface area contributed by atoms with Crippen molar-refractivity contribution >= 4 is 5.91 Å². The van der Waals surface area contributed by atoms with Crippen molar-refractivity contribution in [1.29, 1.82) is 0 Å². The van der Waals surface area contributed by atoms with Gasteiger partial charge in [0.15, 0.2) is 5.67 Å². The van der Waals surface area contributed by atoms with E-state index in [0.29, 0.717) is 32.2 Å². The van der Waals surface area contributed by atoms with Crippen molar-refractivity contribution in [2.75, 3.05) is 46.0 Å². The molecule has 1 N–H and O–H groups in total. The van der Waals surface area contributed by atoms with Gasteiger partial charge in [0.05, 0.1) is 18.8 Å². The van der Waals surface area contributed by atoms with E-state index in [4.69, 9.17) is 4.74 Å². The van der Waals surface area contributed by atoms with Gasteiger partial charge in [-0.1, -0.05) is 0 Å². The molecule has 1 atom stereocenters. The van der Waals surface area contributed by atoms with Crippen LogP contribution in [-0.4, -0.2) is 78.0 Å². The highest BCUT2D eigenvalue weighted by Gasteiger charge is 2.57. The van der Waals surface area contributed by atoms with Crippen molar-refractivity contribution < 1.29 is 19.0 Å². The lowest BCUT2D eigenvalue weighted by Crippen LogP contribution is -2.71. The maximum absolute atomic E-state index is 14.8. The molecule has 1 aliphatic carbocycles. The molecule has 1 spiro atoms. The summed E-state index contributed by atoms with van der Waals surface area (Å²) in [5, 5.41) is 9.52. The molecular formula is C17H27FN2O3. The first kappa shape index (κ1) is 15.8. The Morgan fingerprint density at radius 2 is 1.91 bits per heavy atom. The van der Waals surface area contributed by atoms with Crippen molar-refractivity contribution in [1.82, 2.24) is 9.80 Å². The van der Waals surface area contributed by atoms with Gasteiger partial charge in [-0.2, -0.15) is 0 Å². The molecule has 1 amide bonds. The number of ether oxygens (including phenoxy) is 1. The molecule has 4 aliphatic rings. The Morgan fingerprint density at radius 3 is 2.52 bits per heavy atom. The second-order valence-corrected chi connectivity index (χ2v) is 8.06. The van der Waals surface area contributed by atoms with Crippen molar-refractivity contribution in [3.8, 4) is 0 Å². The van der Waals surface area contributed by atoms with Gasteiger partial charge in [-0.05, 0) is 31.1 Å². The maximum Gasteiger partial charge on any atom is 0.260 e. The predicted molar refractivity (Wildman–Crippen MR) is 82.7 cm³/mol. The third kappa shape index (κ3) is 2.79. The first-order valence-corrected chi connectivity index (χ1v) is 8.97. The molecule has 0 aromatic heterocycles. The average Bonchev–Trinajstić information content (AvgIpc) is 3.24. The molecule has 0 radical (unpaired) electrons. The number of hydrogen-bond acceptors (Lipinski definition) is 4. The van der Waals surface area contributed by atoms with Crippen LogP contribution in [0.3, 0.4) is 0 Å². The lowest BCUT2D eigenvalue weighted by Gasteiger charge is -2.54. The normalized spacial score (nSPS) is 33.0. The molecule has 0 bridgehead atoms. The van der Waals surface area contributed by atoms with Gasteiger partial charge < -0.3 is 14.7 Å². The number of carbonyl (C=O) groups excluding carboxylic acids is 1. The van der Waals surface area contributed by atoms with Gasteiger partial charge in [-0.25, -0.2) is 4.39 Å². The van der Waals surface area contributed by atoms with Crippen molar-refractivity contribution in [3.63, 3.8) is 0 Å². The monoisotopic (exact) mass is 326 g/mol. The zero-order chi connectivity index (χ0) is 16.1. The zero-order valence-corrected chi connectivity index (χ0v) is 13.7. The molecule has 5 nitrogen and oxygen atoms in total. The molecule has 0 aromatic rings. The summed E-state index contributed by atoms with van der Waals surface area (Å²) in [5.74, 6) is 0.746. The molecule has 0 aromatic carbocycles. The number of carbonyl (C=O) groups is 1. The lowest BCUT2D eigenvalue weighted by atomic mass is 9.82. The van der Waals surface area contributed by atoms with E-state index < -0.39 is 5.67 Å². The van der Waals surface area contributed by atoms with Gasteiger partial charge in [0.1, 0.15) is 0 Å². The number of rotatable bonds is 4. The summed E-state index contributed by atoms with van der Waals surface area (Å²) in [6, 6.07) is 0. The van der Waals surface area contributed by atoms with Crippen molar-refractivity contribution in [2.24, 2.45) is 11.8 Å². The number of likely N-dealkylation sites (tertiary alicyclic amines) is 2. The molecular weight excluding hydrogens is 299 g/mol. The highest BCUT2D eigenvalue weighted by atomic mass is 19.1. The predicted octanol–water partition coefficient (Wildman–Crippen LogP) is 0.810. The standard InChI is InChI=1S/C17H27FN2O3/c18-17(3-5-23-6-4-17)15(22)19-11-16(12-19)7-14(10-21)9-20(16)8-13-1-2-13/h13-14,21H,1-12H2/t14-/m0/s1. The minimum Gasteiger partial charge on any atom is -0.396 e. The lowest BCUT2D eigenvalue weighted by molar-refractivity contribution is -0.163. The van der Waals surface area contributed by atoms with Crippen LogP contribution in [-0.2, 0) is 9.53 Å². The van der Waals surface area contributed by atoms with E-state index in [9.17, 15) is 14.3 Å². The van der Waals surface area contributed by atoms with Crippen molar-refractivity contribution in [2.45, 2.75) is 43.3 Å². The van der Waals surface area contributed by atoms with E-state index in [1.165, 1.54) is 12.8 Å². The summed E-state index contributed by atoms with van der Waals surface area (Å²) in [6.45, 7) is 4.13. The zero-order valence-electron chi connectivity index (χ0n) is 13.7. The topological polar surface area (TPSA) is 53.0 Å². The van der Waals surface area contributed by atoms with Gasteiger partial charge in [0.2, 0.25) is 0 Å². The molecule has 4 rings (SSSR count). The van der Waals surface area contributed by atoms with E-state index >= 15 is 0 Å². The molecule has 130 valence electrons. The van der Waals surface area contributed by atoms with Gasteiger partial charge in [0.25, 0.3) is 5.91 Å². The first-order valence-electron chi connectivity index (χ1n) is 8.97. The average molecular weight is 326 g/mol. The molecule has 6 heteroatoms. The Labute approximate surface area is 136 Å². The third-order valence-electron chi connectivity index (χ3n) is 6.18. The summed E-state index contributed by atoms with van der Waals surface area (Å²) >= 11 is 0. The molecule has 3 aliphatic heterocycles. The highest BCUT2D eigenvalue weighted by molar-refractivity contribution is 5.86. The summed E-state index contributed by atoms with van der Waals surface area (Å²) in [5.41, 5.74) is -1.73. The van der Waals surface area contributed by atoms with E-state index in [-0.39, 0.29) is 30.9 Å². The largest absolute Gasteiger partial charge is 0.396 e. The molecule has 3 heterocycles. The van der Waals surface area contributed by atoms with Gasteiger partial charge in [-0.15, -0.1) is 0 Å². The van der Waals surface area contributed by atoms with E-state index in [1.807, 2.05) is 0 Å². The minimum atomic E-state index is -1.73. The first-order chi connectivity index (χ1) is 11.0. The molecule has 23 heavy (non-hydrogen) atoms. The molecule has 1 saturated carbocycles. The Hall–Kier alpha value is -0.720. The second kappa shape index (κ2) is 5.67. The minimum absolute atomic E-state index is 0.00677. The number of hydrogen-bond donors (Lipinski definition) is 1. The summed E-state index contributed by atoms with van der Waals surface area (Å²) in [4.78, 5) is 16.7. The summed E-state index contributed by atoms with van der Waals surface area (Å²) < 4.78 is 20.0. The van der Waals surface area contributed by atoms with Gasteiger partial charge in [0, 0.05) is 45.6 Å². The van der Waals surface area contributed by atoms with Crippen LogP contribution in [0, 0.1) is 11.8 Å². The van der Waals surface area contributed by atoms with Crippen LogP contribution in [0.15, 0.2) is 0 Å².